The van der Waals surface area contributed by atoms with E-state index in [1.807, 2.05) is 79.7 Å². The Kier molecular flexibility index (Phi) is 6.12. The number of allylic oxidation sites excluding steroid dienone is 1. The zero-order valence-electron chi connectivity index (χ0n) is 12.7. The lowest BCUT2D eigenvalue weighted by molar-refractivity contribution is -0.121. The molecule has 2 rings (SSSR count). The fraction of sp³-hybridized carbons (Fsp3) is 0.158. The molecule has 0 aliphatic carbocycles. The van der Waals surface area contributed by atoms with Crippen LogP contribution in [0, 0.1) is 0 Å². The van der Waals surface area contributed by atoms with Gasteiger partial charge in [0.1, 0.15) is 0 Å². The summed E-state index contributed by atoms with van der Waals surface area (Å²) in [6.07, 6.45) is 5.01. The molecule has 0 heterocycles. The number of hydrazone groups is 1. The minimum atomic E-state index is -0.0729. The summed E-state index contributed by atoms with van der Waals surface area (Å²) in [4.78, 5) is 11.8. The number of hydrogen-bond acceptors (Lipinski definition) is 2. The maximum absolute atomic E-state index is 11.8. The number of hydrogen-bond donors (Lipinski definition) is 1. The highest BCUT2D eigenvalue weighted by atomic mass is 16.2. The molecule has 1 N–H and O–H groups in total. The third kappa shape index (κ3) is 5.75. The van der Waals surface area contributed by atoms with Gasteiger partial charge in [-0.1, -0.05) is 66.7 Å². The zero-order valence-corrected chi connectivity index (χ0v) is 12.7. The summed E-state index contributed by atoms with van der Waals surface area (Å²) in [6, 6.07) is 19.9. The Morgan fingerprint density at radius 3 is 2.36 bits per heavy atom. The second-order valence-electron chi connectivity index (χ2n) is 5.02. The van der Waals surface area contributed by atoms with Crippen molar-refractivity contribution in [3.8, 4) is 0 Å². The van der Waals surface area contributed by atoms with Crippen LogP contribution < -0.4 is 5.43 Å². The molecule has 0 unspecified atom stereocenters. The van der Waals surface area contributed by atoms with Crippen molar-refractivity contribution >= 4 is 17.7 Å². The molecule has 112 valence electrons. The zero-order chi connectivity index (χ0) is 15.6. The third-order valence-electron chi connectivity index (χ3n) is 3.16. The number of aryl methyl sites for hydroxylation is 1. The molecule has 0 bridgehead atoms. The normalized spacial score (nSPS) is 11.6. The van der Waals surface area contributed by atoms with Gasteiger partial charge in [-0.25, -0.2) is 5.43 Å². The molecule has 2 aromatic carbocycles. The van der Waals surface area contributed by atoms with Gasteiger partial charge in [0, 0.05) is 6.42 Å². The first-order valence-electron chi connectivity index (χ1n) is 7.34. The van der Waals surface area contributed by atoms with Crippen LogP contribution in [0.4, 0.5) is 0 Å². The monoisotopic (exact) mass is 292 g/mol. The summed E-state index contributed by atoms with van der Waals surface area (Å²) in [5.74, 6) is -0.0729. The lowest BCUT2D eigenvalue weighted by atomic mass is 10.1. The molecule has 2 aromatic rings. The Morgan fingerprint density at radius 1 is 1.05 bits per heavy atom. The second kappa shape index (κ2) is 8.57. The van der Waals surface area contributed by atoms with E-state index in [-0.39, 0.29) is 5.91 Å². The lowest BCUT2D eigenvalue weighted by Gasteiger charge is -2.01. The Hall–Kier alpha value is -2.68. The van der Waals surface area contributed by atoms with Crippen LogP contribution in [0.1, 0.15) is 24.5 Å². The SMILES string of the molecule is CC(/C=C/c1ccccc1)=NNC(=O)CCc1ccccc1. The molecule has 0 saturated heterocycles. The molecule has 0 aliphatic rings. The van der Waals surface area contributed by atoms with Gasteiger partial charge in [0.2, 0.25) is 5.91 Å². The van der Waals surface area contributed by atoms with Gasteiger partial charge in [0.15, 0.2) is 0 Å². The van der Waals surface area contributed by atoms with E-state index in [1.165, 1.54) is 0 Å². The van der Waals surface area contributed by atoms with Crippen molar-refractivity contribution in [2.24, 2.45) is 5.10 Å². The highest BCUT2D eigenvalue weighted by Crippen LogP contribution is 2.02. The predicted octanol–water partition coefficient (Wildman–Crippen LogP) is 3.82. The number of carbonyl (C=O) groups excluding carboxylic acids is 1. The van der Waals surface area contributed by atoms with Gasteiger partial charge in [-0.15, -0.1) is 0 Å². The minimum Gasteiger partial charge on any atom is -0.273 e. The molecule has 0 fully saturated rings. The van der Waals surface area contributed by atoms with E-state index in [4.69, 9.17) is 0 Å². The van der Waals surface area contributed by atoms with Crippen LogP contribution in [0.15, 0.2) is 71.8 Å². The molecular formula is C19H20N2O. The van der Waals surface area contributed by atoms with E-state index >= 15 is 0 Å². The van der Waals surface area contributed by atoms with Gasteiger partial charge < -0.3 is 0 Å². The van der Waals surface area contributed by atoms with Crippen LogP contribution in [-0.4, -0.2) is 11.6 Å². The van der Waals surface area contributed by atoms with E-state index in [1.54, 1.807) is 0 Å². The van der Waals surface area contributed by atoms with Crippen LogP contribution in [0.25, 0.3) is 6.08 Å². The summed E-state index contributed by atoms with van der Waals surface area (Å²) >= 11 is 0. The maximum atomic E-state index is 11.8. The van der Waals surface area contributed by atoms with E-state index in [0.29, 0.717) is 6.42 Å². The van der Waals surface area contributed by atoms with Crippen LogP contribution >= 0.6 is 0 Å². The van der Waals surface area contributed by atoms with Crippen LogP contribution in [0.5, 0.6) is 0 Å². The molecular weight excluding hydrogens is 272 g/mol. The van der Waals surface area contributed by atoms with Gasteiger partial charge in [-0.05, 0) is 30.5 Å². The standard InChI is InChI=1S/C19H20N2O/c1-16(12-13-17-8-4-2-5-9-17)20-21-19(22)15-14-18-10-6-3-7-11-18/h2-13H,14-15H2,1H3,(H,21,22)/b13-12+,20-16?. The Bertz CT molecular complexity index is 646. The largest absolute Gasteiger partial charge is 0.273 e. The first kappa shape index (κ1) is 15.7. The molecule has 3 heteroatoms. The number of nitrogens with one attached hydrogen (secondary N) is 1. The van der Waals surface area contributed by atoms with Crippen molar-refractivity contribution in [3.05, 3.63) is 77.9 Å². The average molecular weight is 292 g/mol. The average Bonchev–Trinajstić information content (AvgIpc) is 2.58. The van der Waals surface area contributed by atoms with Crippen molar-refractivity contribution in [2.75, 3.05) is 0 Å². The van der Waals surface area contributed by atoms with Gasteiger partial charge in [-0.2, -0.15) is 5.10 Å². The number of benzene rings is 2. The highest BCUT2D eigenvalue weighted by Gasteiger charge is 2.00. The number of nitrogens with zero attached hydrogens (tertiary/aromatic N) is 1. The number of rotatable bonds is 6. The van der Waals surface area contributed by atoms with E-state index in [0.717, 1.165) is 23.3 Å². The third-order valence-corrected chi connectivity index (χ3v) is 3.16. The van der Waals surface area contributed by atoms with E-state index in [2.05, 4.69) is 10.5 Å². The fourth-order valence-electron chi connectivity index (χ4n) is 1.93. The maximum Gasteiger partial charge on any atom is 0.240 e. The van der Waals surface area contributed by atoms with E-state index < -0.39 is 0 Å². The highest BCUT2D eigenvalue weighted by molar-refractivity contribution is 5.96. The van der Waals surface area contributed by atoms with Crippen molar-refractivity contribution in [2.45, 2.75) is 19.8 Å². The molecule has 0 spiro atoms. The van der Waals surface area contributed by atoms with Crippen molar-refractivity contribution in [1.29, 1.82) is 0 Å². The van der Waals surface area contributed by atoms with Gasteiger partial charge >= 0.3 is 0 Å². The quantitative estimate of drug-likeness (QED) is 0.638. The first-order chi connectivity index (χ1) is 10.7. The second-order valence-corrected chi connectivity index (χ2v) is 5.02. The van der Waals surface area contributed by atoms with Crippen LogP contribution in [-0.2, 0) is 11.2 Å². The van der Waals surface area contributed by atoms with Crippen molar-refractivity contribution in [1.82, 2.24) is 5.43 Å². The summed E-state index contributed by atoms with van der Waals surface area (Å²) < 4.78 is 0. The number of carbonyl (C=O) groups is 1. The first-order valence-corrected chi connectivity index (χ1v) is 7.34. The molecule has 22 heavy (non-hydrogen) atoms. The molecule has 1 amide bonds. The van der Waals surface area contributed by atoms with Crippen molar-refractivity contribution in [3.63, 3.8) is 0 Å². The van der Waals surface area contributed by atoms with Crippen LogP contribution in [0.3, 0.4) is 0 Å². The van der Waals surface area contributed by atoms with Gasteiger partial charge in [0.05, 0.1) is 5.71 Å². The lowest BCUT2D eigenvalue weighted by Crippen LogP contribution is -2.18. The summed E-state index contributed by atoms with van der Waals surface area (Å²) in [7, 11) is 0. The van der Waals surface area contributed by atoms with Crippen LogP contribution in [0.2, 0.25) is 0 Å². The van der Waals surface area contributed by atoms with E-state index in [9.17, 15) is 4.79 Å². The fourth-order valence-corrected chi connectivity index (χ4v) is 1.93. The molecule has 0 saturated carbocycles. The summed E-state index contributed by atoms with van der Waals surface area (Å²) in [6.45, 7) is 1.86. The minimum absolute atomic E-state index is 0.0729. The molecule has 0 aliphatic heterocycles. The molecule has 0 atom stereocenters. The Balaban J connectivity index is 1.78. The molecule has 0 aromatic heterocycles. The van der Waals surface area contributed by atoms with Gasteiger partial charge in [-0.3, -0.25) is 4.79 Å². The Morgan fingerprint density at radius 2 is 1.68 bits per heavy atom. The topological polar surface area (TPSA) is 41.5 Å². The summed E-state index contributed by atoms with van der Waals surface area (Å²) in [5, 5.41) is 4.08. The van der Waals surface area contributed by atoms with Crippen molar-refractivity contribution < 1.29 is 4.79 Å². The Labute approximate surface area is 131 Å². The predicted molar refractivity (Wildman–Crippen MR) is 91.5 cm³/mol. The molecule has 0 radical (unpaired) electrons. The smallest absolute Gasteiger partial charge is 0.240 e. The molecule has 3 nitrogen and oxygen atoms in total. The van der Waals surface area contributed by atoms with Gasteiger partial charge in [0.25, 0.3) is 0 Å². The summed E-state index contributed by atoms with van der Waals surface area (Å²) in [5.41, 5.74) is 5.61. The number of amides is 1.